The van der Waals surface area contributed by atoms with Gasteiger partial charge in [-0.15, -0.1) is 0 Å². The smallest absolute Gasteiger partial charge is 0.131 e. The maximum atomic E-state index is 9.24. The fraction of sp³-hybridized carbons (Fsp3) is 0.615. The highest BCUT2D eigenvalue weighted by molar-refractivity contribution is 5.47. The van der Waals surface area contributed by atoms with Crippen LogP contribution in [0.4, 0.5) is 5.82 Å². The molecular weight excluding hydrogens is 214 g/mol. The highest BCUT2D eigenvalue weighted by Crippen LogP contribution is 2.24. The Morgan fingerprint density at radius 3 is 3.06 bits per heavy atom. The molecule has 3 N–H and O–H groups in total. The van der Waals surface area contributed by atoms with Gasteiger partial charge in [0.1, 0.15) is 5.82 Å². The van der Waals surface area contributed by atoms with E-state index in [0.29, 0.717) is 12.5 Å². The van der Waals surface area contributed by atoms with Crippen LogP contribution >= 0.6 is 0 Å². The third-order valence-corrected chi connectivity index (χ3v) is 3.42. The standard InChI is InChI=1S/C13H21N3O/c1-10-5-12(6-14)7-15-13(10)16-4-2-3-11(8-16)9-17/h5,7,11,17H,2-4,6,8-9,14H2,1H3. The second-order valence-corrected chi connectivity index (χ2v) is 4.83. The molecule has 1 atom stereocenters. The van der Waals surface area contributed by atoms with Gasteiger partial charge < -0.3 is 15.7 Å². The number of nitrogens with two attached hydrogens (primary N) is 1. The quantitative estimate of drug-likeness (QED) is 0.822. The Hall–Kier alpha value is -1.13. The summed E-state index contributed by atoms with van der Waals surface area (Å²) in [6, 6.07) is 2.10. The molecule has 0 aliphatic carbocycles. The number of hydrogen-bond donors (Lipinski definition) is 2. The first-order valence-electron chi connectivity index (χ1n) is 6.26. The summed E-state index contributed by atoms with van der Waals surface area (Å²) >= 11 is 0. The van der Waals surface area contributed by atoms with Gasteiger partial charge in [-0.25, -0.2) is 4.98 Å². The highest BCUT2D eigenvalue weighted by Gasteiger charge is 2.21. The second kappa shape index (κ2) is 5.47. The zero-order valence-corrected chi connectivity index (χ0v) is 10.4. The highest BCUT2D eigenvalue weighted by atomic mass is 16.3. The monoisotopic (exact) mass is 235 g/mol. The van der Waals surface area contributed by atoms with E-state index in [1.165, 1.54) is 5.56 Å². The Morgan fingerprint density at radius 1 is 1.59 bits per heavy atom. The molecule has 0 radical (unpaired) electrons. The summed E-state index contributed by atoms with van der Waals surface area (Å²) in [5.41, 5.74) is 7.85. The average molecular weight is 235 g/mol. The van der Waals surface area contributed by atoms with Gasteiger partial charge >= 0.3 is 0 Å². The zero-order valence-electron chi connectivity index (χ0n) is 10.4. The molecule has 2 rings (SSSR count). The molecule has 4 heteroatoms. The molecule has 17 heavy (non-hydrogen) atoms. The van der Waals surface area contributed by atoms with E-state index in [0.717, 1.165) is 37.3 Å². The first kappa shape index (κ1) is 12.3. The third-order valence-electron chi connectivity index (χ3n) is 3.42. The van der Waals surface area contributed by atoms with Crippen molar-refractivity contribution in [1.29, 1.82) is 0 Å². The van der Waals surface area contributed by atoms with Crippen molar-refractivity contribution in [1.82, 2.24) is 4.98 Å². The molecule has 1 saturated heterocycles. The lowest BCUT2D eigenvalue weighted by Crippen LogP contribution is -2.37. The number of piperidine rings is 1. The molecule has 0 saturated carbocycles. The van der Waals surface area contributed by atoms with Crippen molar-refractivity contribution in [3.63, 3.8) is 0 Å². The van der Waals surface area contributed by atoms with Gasteiger partial charge in [0.05, 0.1) is 0 Å². The molecule has 0 spiro atoms. The minimum Gasteiger partial charge on any atom is -0.396 e. The summed E-state index contributed by atoms with van der Waals surface area (Å²) in [4.78, 5) is 6.78. The molecule has 4 nitrogen and oxygen atoms in total. The van der Waals surface area contributed by atoms with Gasteiger partial charge in [-0.05, 0) is 42.9 Å². The molecule has 0 aromatic carbocycles. The lowest BCUT2D eigenvalue weighted by atomic mass is 9.98. The first-order chi connectivity index (χ1) is 8.24. The van der Waals surface area contributed by atoms with E-state index in [-0.39, 0.29) is 6.61 Å². The molecule has 0 amide bonds. The summed E-state index contributed by atoms with van der Waals surface area (Å²) in [5.74, 6) is 1.43. The van der Waals surface area contributed by atoms with E-state index in [1.807, 2.05) is 6.20 Å². The van der Waals surface area contributed by atoms with Crippen molar-refractivity contribution < 1.29 is 5.11 Å². The summed E-state index contributed by atoms with van der Waals surface area (Å²) < 4.78 is 0. The Labute approximate surface area is 102 Å². The van der Waals surface area contributed by atoms with Crippen molar-refractivity contribution >= 4 is 5.82 Å². The van der Waals surface area contributed by atoms with Crippen LogP contribution in [0.15, 0.2) is 12.3 Å². The van der Waals surface area contributed by atoms with E-state index in [1.54, 1.807) is 0 Å². The van der Waals surface area contributed by atoms with E-state index >= 15 is 0 Å². The molecule has 1 aliphatic heterocycles. The van der Waals surface area contributed by atoms with Crippen LogP contribution in [0.3, 0.4) is 0 Å². The fourth-order valence-electron chi connectivity index (χ4n) is 2.47. The number of aliphatic hydroxyl groups is 1. The number of aromatic nitrogens is 1. The Morgan fingerprint density at radius 2 is 2.41 bits per heavy atom. The predicted molar refractivity (Wildman–Crippen MR) is 68.9 cm³/mol. The number of pyridine rings is 1. The molecule has 1 aliphatic rings. The van der Waals surface area contributed by atoms with Crippen LogP contribution in [0.5, 0.6) is 0 Å². The number of aliphatic hydroxyl groups excluding tert-OH is 1. The van der Waals surface area contributed by atoms with Crippen LogP contribution in [0.2, 0.25) is 0 Å². The lowest BCUT2D eigenvalue weighted by Gasteiger charge is -2.33. The SMILES string of the molecule is Cc1cc(CN)cnc1N1CCCC(CO)C1. The van der Waals surface area contributed by atoms with Crippen molar-refractivity contribution in [2.75, 3.05) is 24.6 Å². The normalized spacial score (nSPS) is 20.6. The van der Waals surface area contributed by atoms with Crippen LogP contribution in [-0.2, 0) is 6.54 Å². The number of rotatable bonds is 3. The lowest BCUT2D eigenvalue weighted by molar-refractivity contribution is 0.208. The van der Waals surface area contributed by atoms with Crippen molar-refractivity contribution in [3.8, 4) is 0 Å². The summed E-state index contributed by atoms with van der Waals surface area (Å²) in [6.45, 7) is 4.83. The van der Waals surface area contributed by atoms with Gasteiger partial charge in [-0.3, -0.25) is 0 Å². The number of aryl methyl sites for hydroxylation is 1. The van der Waals surface area contributed by atoms with Crippen LogP contribution in [-0.4, -0.2) is 29.8 Å². The third kappa shape index (κ3) is 2.76. The molecule has 1 aromatic heterocycles. The van der Waals surface area contributed by atoms with Gasteiger partial charge in [0.25, 0.3) is 0 Å². The van der Waals surface area contributed by atoms with Crippen LogP contribution in [0.25, 0.3) is 0 Å². The molecule has 2 heterocycles. The van der Waals surface area contributed by atoms with Crippen LogP contribution in [0.1, 0.15) is 24.0 Å². The Balaban J connectivity index is 2.16. The van der Waals surface area contributed by atoms with E-state index < -0.39 is 0 Å². The van der Waals surface area contributed by atoms with Gasteiger partial charge in [0.2, 0.25) is 0 Å². The van der Waals surface area contributed by atoms with Crippen molar-refractivity contribution in [3.05, 3.63) is 23.4 Å². The van der Waals surface area contributed by atoms with Crippen LogP contribution in [0, 0.1) is 12.8 Å². The molecule has 94 valence electrons. The van der Waals surface area contributed by atoms with E-state index in [2.05, 4.69) is 22.9 Å². The average Bonchev–Trinajstić information content (AvgIpc) is 2.38. The maximum Gasteiger partial charge on any atom is 0.131 e. The zero-order chi connectivity index (χ0) is 12.3. The summed E-state index contributed by atoms with van der Waals surface area (Å²) in [7, 11) is 0. The number of nitrogens with zero attached hydrogens (tertiary/aromatic N) is 2. The number of anilines is 1. The van der Waals surface area contributed by atoms with E-state index in [9.17, 15) is 5.11 Å². The first-order valence-corrected chi connectivity index (χ1v) is 6.26. The van der Waals surface area contributed by atoms with Gasteiger partial charge in [0, 0.05) is 32.4 Å². The van der Waals surface area contributed by atoms with Crippen LogP contribution < -0.4 is 10.6 Å². The molecule has 1 fully saturated rings. The summed E-state index contributed by atoms with van der Waals surface area (Å²) in [6.07, 6.45) is 4.10. The largest absolute Gasteiger partial charge is 0.396 e. The van der Waals surface area contributed by atoms with E-state index in [4.69, 9.17) is 5.73 Å². The molecule has 1 aromatic rings. The van der Waals surface area contributed by atoms with Crippen molar-refractivity contribution in [2.45, 2.75) is 26.3 Å². The summed E-state index contributed by atoms with van der Waals surface area (Å²) in [5, 5.41) is 9.24. The van der Waals surface area contributed by atoms with Gasteiger partial charge in [-0.2, -0.15) is 0 Å². The van der Waals surface area contributed by atoms with Crippen molar-refractivity contribution in [2.24, 2.45) is 11.7 Å². The predicted octanol–water partition coefficient (Wildman–Crippen LogP) is 1.06. The molecule has 0 bridgehead atoms. The minimum atomic E-state index is 0.274. The number of hydrogen-bond acceptors (Lipinski definition) is 4. The fourth-order valence-corrected chi connectivity index (χ4v) is 2.47. The second-order valence-electron chi connectivity index (χ2n) is 4.83. The topological polar surface area (TPSA) is 62.4 Å². The molecular formula is C13H21N3O. The Kier molecular flexibility index (Phi) is 3.97. The maximum absolute atomic E-state index is 9.24. The Bertz CT molecular complexity index is 381. The van der Waals surface area contributed by atoms with Gasteiger partial charge in [0.15, 0.2) is 0 Å². The minimum absolute atomic E-state index is 0.274. The van der Waals surface area contributed by atoms with Gasteiger partial charge in [-0.1, -0.05) is 0 Å². The molecule has 1 unspecified atom stereocenters.